The maximum absolute atomic E-state index is 12.8. The molecule has 2 unspecified atom stereocenters. The first-order valence-electron chi connectivity index (χ1n) is 6.89. The zero-order valence-corrected chi connectivity index (χ0v) is 14.0. The fourth-order valence-corrected chi connectivity index (χ4v) is 3.23. The molecule has 1 N–H and O–H groups in total. The fraction of sp³-hybridized carbons (Fsp3) is 0.533. The highest BCUT2D eigenvalue weighted by molar-refractivity contribution is 9.10. The van der Waals surface area contributed by atoms with Gasteiger partial charge in [-0.05, 0) is 34.6 Å². The second-order valence-electron chi connectivity index (χ2n) is 4.83. The van der Waals surface area contributed by atoms with Crippen molar-refractivity contribution < 1.29 is 19.0 Å². The summed E-state index contributed by atoms with van der Waals surface area (Å²) in [5.74, 6) is 0.966. The van der Waals surface area contributed by atoms with Gasteiger partial charge in [0.05, 0.1) is 38.9 Å². The number of Topliss-reactive ketones (excluding diaryl/α,β-unsaturated/α-hetero) is 1. The highest BCUT2D eigenvalue weighted by Crippen LogP contribution is 2.38. The van der Waals surface area contributed by atoms with E-state index in [4.69, 9.17) is 14.2 Å². The standard InChI is InChI=1S/C15H20BrNO4/c1-4-17-11-8-21-7-10(11)14(18)9-5-6-12(19-2)13(16)15(9)20-3/h5-6,10-11,17H,4,7-8H2,1-3H3. The number of benzene rings is 1. The summed E-state index contributed by atoms with van der Waals surface area (Å²) in [5, 5.41) is 3.30. The first-order valence-corrected chi connectivity index (χ1v) is 7.69. The summed E-state index contributed by atoms with van der Waals surface area (Å²) in [6.45, 7) is 3.82. The van der Waals surface area contributed by atoms with Gasteiger partial charge < -0.3 is 19.5 Å². The number of likely N-dealkylation sites (N-methyl/N-ethyl adjacent to an activating group) is 1. The molecule has 1 aliphatic heterocycles. The number of carbonyl (C=O) groups excluding carboxylic acids is 1. The van der Waals surface area contributed by atoms with Gasteiger partial charge in [-0.15, -0.1) is 0 Å². The molecule has 1 aromatic carbocycles. The molecule has 0 aliphatic carbocycles. The zero-order chi connectivity index (χ0) is 15.4. The largest absolute Gasteiger partial charge is 0.495 e. The summed E-state index contributed by atoms with van der Waals surface area (Å²) in [7, 11) is 3.12. The molecule has 0 radical (unpaired) electrons. The number of rotatable bonds is 6. The van der Waals surface area contributed by atoms with Crippen LogP contribution in [0.5, 0.6) is 11.5 Å². The fourth-order valence-electron chi connectivity index (χ4n) is 2.57. The van der Waals surface area contributed by atoms with Crippen LogP contribution in [0.1, 0.15) is 17.3 Å². The molecule has 2 rings (SSSR count). The van der Waals surface area contributed by atoms with E-state index in [-0.39, 0.29) is 17.7 Å². The molecular formula is C15H20BrNO4. The van der Waals surface area contributed by atoms with Crippen LogP contribution in [-0.2, 0) is 4.74 Å². The molecule has 0 spiro atoms. The molecule has 1 aliphatic rings. The van der Waals surface area contributed by atoms with Crippen molar-refractivity contribution in [3.8, 4) is 11.5 Å². The Morgan fingerprint density at radius 3 is 2.76 bits per heavy atom. The first-order chi connectivity index (χ1) is 10.1. The lowest BCUT2D eigenvalue weighted by Gasteiger charge is -2.19. The lowest BCUT2D eigenvalue weighted by molar-refractivity contribution is 0.0888. The Kier molecular flexibility index (Phi) is 5.61. The van der Waals surface area contributed by atoms with Crippen molar-refractivity contribution in [1.29, 1.82) is 0 Å². The lowest BCUT2D eigenvalue weighted by Crippen LogP contribution is -2.39. The number of halogens is 1. The number of ether oxygens (including phenoxy) is 3. The number of carbonyl (C=O) groups is 1. The van der Waals surface area contributed by atoms with E-state index in [0.29, 0.717) is 34.7 Å². The maximum atomic E-state index is 12.8. The summed E-state index contributed by atoms with van der Waals surface area (Å²) in [5.41, 5.74) is 0.545. The van der Waals surface area contributed by atoms with Gasteiger partial charge in [0, 0.05) is 6.04 Å². The minimum atomic E-state index is -0.195. The SMILES string of the molecule is CCNC1COCC1C(=O)c1ccc(OC)c(Br)c1OC. The highest BCUT2D eigenvalue weighted by atomic mass is 79.9. The molecule has 0 amide bonds. The van der Waals surface area contributed by atoms with Crippen molar-refractivity contribution >= 4 is 21.7 Å². The summed E-state index contributed by atoms with van der Waals surface area (Å²) >= 11 is 3.43. The van der Waals surface area contributed by atoms with Crippen LogP contribution >= 0.6 is 15.9 Å². The summed E-state index contributed by atoms with van der Waals surface area (Å²) in [4.78, 5) is 12.8. The molecule has 1 heterocycles. The Labute approximate surface area is 133 Å². The quantitative estimate of drug-likeness (QED) is 0.791. The Hall–Kier alpha value is -1.11. The first kappa shape index (κ1) is 16.3. The van der Waals surface area contributed by atoms with Crippen LogP contribution in [0.4, 0.5) is 0 Å². The summed E-state index contributed by atoms with van der Waals surface area (Å²) in [6.07, 6.45) is 0. The van der Waals surface area contributed by atoms with Gasteiger partial charge in [-0.2, -0.15) is 0 Å². The maximum Gasteiger partial charge on any atom is 0.173 e. The zero-order valence-electron chi connectivity index (χ0n) is 12.4. The number of hydrogen-bond donors (Lipinski definition) is 1. The summed E-state index contributed by atoms with van der Waals surface area (Å²) in [6, 6.07) is 3.55. The molecule has 2 atom stereocenters. The second-order valence-corrected chi connectivity index (χ2v) is 5.63. The van der Waals surface area contributed by atoms with Gasteiger partial charge in [-0.3, -0.25) is 4.79 Å². The van der Waals surface area contributed by atoms with Gasteiger partial charge >= 0.3 is 0 Å². The molecule has 1 saturated heterocycles. The minimum Gasteiger partial charge on any atom is -0.495 e. The molecule has 0 bridgehead atoms. The minimum absolute atomic E-state index is 0.0265. The van der Waals surface area contributed by atoms with E-state index in [9.17, 15) is 4.79 Å². The molecular weight excluding hydrogens is 338 g/mol. The molecule has 5 nitrogen and oxygen atoms in total. The third kappa shape index (κ3) is 3.22. The average Bonchev–Trinajstić information content (AvgIpc) is 2.94. The van der Waals surface area contributed by atoms with E-state index < -0.39 is 0 Å². The van der Waals surface area contributed by atoms with Crippen molar-refractivity contribution in [2.45, 2.75) is 13.0 Å². The highest BCUT2D eigenvalue weighted by Gasteiger charge is 2.35. The Bertz CT molecular complexity index is 521. The molecule has 21 heavy (non-hydrogen) atoms. The van der Waals surface area contributed by atoms with Crippen molar-refractivity contribution in [1.82, 2.24) is 5.32 Å². The second kappa shape index (κ2) is 7.24. The number of methoxy groups -OCH3 is 2. The lowest BCUT2D eigenvalue weighted by atomic mass is 9.92. The van der Waals surface area contributed by atoms with Crippen molar-refractivity contribution in [3.05, 3.63) is 22.2 Å². The third-order valence-electron chi connectivity index (χ3n) is 3.63. The predicted octanol–water partition coefficient (Wildman–Crippen LogP) is 2.27. The van der Waals surface area contributed by atoms with Gasteiger partial charge in [-0.25, -0.2) is 0 Å². The van der Waals surface area contributed by atoms with E-state index in [1.807, 2.05) is 6.92 Å². The Morgan fingerprint density at radius 2 is 2.14 bits per heavy atom. The van der Waals surface area contributed by atoms with Crippen LogP contribution in [0.25, 0.3) is 0 Å². The van der Waals surface area contributed by atoms with Crippen LogP contribution in [-0.4, -0.2) is 45.8 Å². The van der Waals surface area contributed by atoms with Crippen LogP contribution in [0.2, 0.25) is 0 Å². The van der Waals surface area contributed by atoms with E-state index >= 15 is 0 Å². The summed E-state index contributed by atoms with van der Waals surface area (Å²) < 4.78 is 16.7. The number of hydrogen-bond acceptors (Lipinski definition) is 5. The van der Waals surface area contributed by atoms with Crippen molar-refractivity contribution in [2.75, 3.05) is 34.0 Å². The molecule has 1 fully saturated rings. The van der Waals surface area contributed by atoms with E-state index in [2.05, 4.69) is 21.2 Å². The topological polar surface area (TPSA) is 56.8 Å². The van der Waals surface area contributed by atoms with Gasteiger partial charge in [0.2, 0.25) is 0 Å². The predicted molar refractivity (Wildman–Crippen MR) is 83.4 cm³/mol. The molecule has 0 saturated carbocycles. The molecule has 1 aromatic rings. The molecule has 0 aromatic heterocycles. The van der Waals surface area contributed by atoms with Crippen molar-refractivity contribution in [3.63, 3.8) is 0 Å². The average molecular weight is 358 g/mol. The van der Waals surface area contributed by atoms with Gasteiger partial charge in [0.1, 0.15) is 16.0 Å². The Morgan fingerprint density at radius 1 is 1.38 bits per heavy atom. The Balaban J connectivity index is 2.32. The normalized spacial score (nSPS) is 21.3. The van der Waals surface area contributed by atoms with Crippen LogP contribution < -0.4 is 14.8 Å². The number of nitrogens with one attached hydrogen (secondary N) is 1. The van der Waals surface area contributed by atoms with Crippen LogP contribution in [0.3, 0.4) is 0 Å². The molecule has 116 valence electrons. The van der Waals surface area contributed by atoms with E-state index in [1.54, 1.807) is 26.4 Å². The van der Waals surface area contributed by atoms with Gasteiger partial charge in [0.25, 0.3) is 0 Å². The molecule has 6 heteroatoms. The number of ketones is 1. The van der Waals surface area contributed by atoms with Crippen molar-refractivity contribution in [2.24, 2.45) is 5.92 Å². The van der Waals surface area contributed by atoms with Crippen LogP contribution in [0.15, 0.2) is 16.6 Å². The smallest absolute Gasteiger partial charge is 0.173 e. The van der Waals surface area contributed by atoms with E-state index in [1.165, 1.54) is 0 Å². The van der Waals surface area contributed by atoms with Crippen LogP contribution in [0, 0.1) is 5.92 Å². The third-order valence-corrected chi connectivity index (χ3v) is 4.39. The van der Waals surface area contributed by atoms with E-state index in [0.717, 1.165) is 6.54 Å². The van der Waals surface area contributed by atoms with Gasteiger partial charge in [-0.1, -0.05) is 6.92 Å². The van der Waals surface area contributed by atoms with Gasteiger partial charge in [0.15, 0.2) is 5.78 Å². The monoisotopic (exact) mass is 357 g/mol.